The minimum absolute atomic E-state index is 0.0565. The smallest absolute Gasteiger partial charge is 0.497 e. The highest BCUT2D eigenvalue weighted by molar-refractivity contribution is 6.67. The van der Waals surface area contributed by atoms with E-state index in [2.05, 4.69) is 4.74 Å². The standard InChI is InChI=1S/C12H13Cl3O5/c1-17-9-3-4-10(18-2)8(5-9)6-19-11(16)20-7-12(13,14)15/h3-5H,6-7H2,1-2H3. The van der Waals surface area contributed by atoms with Crippen molar-refractivity contribution in [2.24, 2.45) is 0 Å². The molecule has 0 unspecified atom stereocenters. The average molecular weight is 344 g/mol. The van der Waals surface area contributed by atoms with E-state index in [0.717, 1.165) is 0 Å². The molecule has 0 saturated carbocycles. The number of alkyl halides is 3. The Hall–Kier alpha value is -1.04. The van der Waals surface area contributed by atoms with Crippen LogP contribution in [0.5, 0.6) is 11.5 Å². The van der Waals surface area contributed by atoms with E-state index < -0.39 is 16.6 Å². The molecular weight excluding hydrogens is 330 g/mol. The first-order chi connectivity index (χ1) is 9.35. The Bertz CT molecular complexity index is 459. The second kappa shape index (κ2) is 7.67. The molecule has 0 aromatic heterocycles. The molecule has 0 amide bonds. The van der Waals surface area contributed by atoms with Gasteiger partial charge < -0.3 is 18.9 Å². The number of carbonyl (C=O) groups excluding carboxylic acids is 1. The van der Waals surface area contributed by atoms with Crippen LogP contribution in [0.15, 0.2) is 18.2 Å². The van der Waals surface area contributed by atoms with E-state index in [-0.39, 0.29) is 6.61 Å². The number of halogens is 3. The predicted octanol–water partition coefficient (Wildman–Crippen LogP) is 3.73. The van der Waals surface area contributed by atoms with Crippen molar-refractivity contribution < 1.29 is 23.7 Å². The van der Waals surface area contributed by atoms with Crippen LogP contribution in [0.4, 0.5) is 4.79 Å². The van der Waals surface area contributed by atoms with Gasteiger partial charge in [0.2, 0.25) is 3.79 Å². The fraction of sp³-hybridized carbons (Fsp3) is 0.417. The number of rotatable bonds is 5. The van der Waals surface area contributed by atoms with Gasteiger partial charge in [0.15, 0.2) is 0 Å². The van der Waals surface area contributed by atoms with E-state index in [1.54, 1.807) is 18.2 Å². The number of methoxy groups -OCH3 is 2. The SMILES string of the molecule is COc1ccc(OC)c(COC(=O)OCC(Cl)(Cl)Cl)c1. The molecule has 1 aromatic carbocycles. The van der Waals surface area contributed by atoms with Gasteiger partial charge in [-0.25, -0.2) is 4.79 Å². The summed E-state index contributed by atoms with van der Waals surface area (Å²) in [6.45, 7) is -0.454. The Morgan fingerprint density at radius 3 is 2.40 bits per heavy atom. The first kappa shape index (κ1) is 17.0. The fourth-order valence-corrected chi connectivity index (χ4v) is 1.48. The third-order valence-corrected chi connectivity index (χ3v) is 2.51. The lowest BCUT2D eigenvalue weighted by Gasteiger charge is -2.13. The largest absolute Gasteiger partial charge is 0.508 e. The zero-order valence-corrected chi connectivity index (χ0v) is 13.1. The van der Waals surface area contributed by atoms with Crippen molar-refractivity contribution in [2.45, 2.75) is 10.4 Å². The molecular formula is C12H13Cl3O5. The number of hydrogen-bond acceptors (Lipinski definition) is 5. The number of ether oxygens (including phenoxy) is 4. The highest BCUT2D eigenvalue weighted by Crippen LogP contribution is 2.27. The van der Waals surface area contributed by atoms with Gasteiger partial charge in [-0.1, -0.05) is 34.8 Å². The maximum atomic E-state index is 11.3. The van der Waals surface area contributed by atoms with Crippen molar-refractivity contribution in [2.75, 3.05) is 20.8 Å². The maximum Gasteiger partial charge on any atom is 0.508 e. The Kier molecular flexibility index (Phi) is 6.52. The van der Waals surface area contributed by atoms with Crippen LogP contribution in [0.1, 0.15) is 5.56 Å². The molecule has 0 heterocycles. The molecule has 20 heavy (non-hydrogen) atoms. The Balaban J connectivity index is 2.58. The number of carbonyl (C=O) groups is 1. The normalized spacial score (nSPS) is 10.8. The molecule has 1 rings (SSSR count). The van der Waals surface area contributed by atoms with Crippen molar-refractivity contribution in [1.29, 1.82) is 0 Å². The Morgan fingerprint density at radius 1 is 1.15 bits per heavy atom. The third kappa shape index (κ3) is 5.94. The molecule has 0 atom stereocenters. The van der Waals surface area contributed by atoms with Crippen LogP contribution in [-0.4, -0.2) is 30.8 Å². The third-order valence-electron chi connectivity index (χ3n) is 2.19. The summed E-state index contributed by atoms with van der Waals surface area (Å²) in [6.07, 6.45) is -0.943. The molecule has 8 heteroatoms. The summed E-state index contributed by atoms with van der Waals surface area (Å²) >= 11 is 16.3. The van der Waals surface area contributed by atoms with Crippen molar-refractivity contribution >= 4 is 41.0 Å². The number of hydrogen-bond donors (Lipinski definition) is 0. The summed E-state index contributed by atoms with van der Waals surface area (Å²) in [5.41, 5.74) is 0.623. The van der Waals surface area contributed by atoms with Crippen LogP contribution in [0, 0.1) is 0 Å². The van der Waals surface area contributed by atoms with E-state index >= 15 is 0 Å². The first-order valence-corrected chi connectivity index (χ1v) is 6.56. The van der Waals surface area contributed by atoms with Crippen LogP contribution < -0.4 is 9.47 Å². The molecule has 0 radical (unpaired) electrons. The van der Waals surface area contributed by atoms with E-state index in [4.69, 9.17) is 49.0 Å². The second-order valence-corrected chi connectivity index (χ2v) is 6.14. The van der Waals surface area contributed by atoms with E-state index in [0.29, 0.717) is 17.1 Å². The first-order valence-electron chi connectivity index (χ1n) is 5.43. The lowest BCUT2D eigenvalue weighted by atomic mass is 10.2. The van der Waals surface area contributed by atoms with Crippen molar-refractivity contribution in [3.05, 3.63) is 23.8 Å². The highest BCUT2D eigenvalue weighted by Gasteiger charge is 2.22. The summed E-state index contributed by atoms with van der Waals surface area (Å²) in [4.78, 5) is 11.3. The summed E-state index contributed by atoms with van der Waals surface area (Å²) in [7, 11) is 3.04. The molecule has 112 valence electrons. The van der Waals surface area contributed by atoms with Gasteiger partial charge in [-0.05, 0) is 18.2 Å². The minimum Gasteiger partial charge on any atom is -0.497 e. The fourth-order valence-electron chi connectivity index (χ4n) is 1.31. The van der Waals surface area contributed by atoms with Gasteiger partial charge in [0.1, 0.15) is 24.7 Å². The topological polar surface area (TPSA) is 54.0 Å². The summed E-state index contributed by atoms with van der Waals surface area (Å²) in [5.74, 6) is 1.17. The second-order valence-electron chi connectivity index (χ2n) is 3.62. The molecule has 0 fully saturated rings. The van der Waals surface area contributed by atoms with E-state index in [1.165, 1.54) is 14.2 Å². The van der Waals surface area contributed by atoms with E-state index in [1.807, 2.05) is 0 Å². The molecule has 0 bridgehead atoms. The van der Waals surface area contributed by atoms with Gasteiger partial charge in [-0.3, -0.25) is 0 Å². The maximum absolute atomic E-state index is 11.3. The summed E-state index contributed by atoms with van der Waals surface area (Å²) in [5, 5.41) is 0. The lowest BCUT2D eigenvalue weighted by Crippen LogP contribution is -2.18. The quantitative estimate of drug-likeness (QED) is 0.602. The zero-order valence-electron chi connectivity index (χ0n) is 10.8. The molecule has 1 aromatic rings. The Morgan fingerprint density at radius 2 is 1.85 bits per heavy atom. The van der Waals surface area contributed by atoms with Crippen LogP contribution in [0.25, 0.3) is 0 Å². The van der Waals surface area contributed by atoms with Gasteiger partial charge in [0.05, 0.1) is 14.2 Å². The van der Waals surface area contributed by atoms with Crippen molar-refractivity contribution in [3.63, 3.8) is 0 Å². The highest BCUT2D eigenvalue weighted by atomic mass is 35.6. The van der Waals surface area contributed by atoms with Crippen molar-refractivity contribution in [3.8, 4) is 11.5 Å². The molecule has 0 aliphatic heterocycles. The molecule has 0 spiro atoms. The van der Waals surface area contributed by atoms with Crippen LogP contribution >= 0.6 is 34.8 Å². The van der Waals surface area contributed by atoms with Crippen LogP contribution in [0.3, 0.4) is 0 Å². The van der Waals surface area contributed by atoms with Gasteiger partial charge in [-0.2, -0.15) is 0 Å². The molecule has 0 N–H and O–H groups in total. The molecule has 0 aliphatic carbocycles. The molecule has 5 nitrogen and oxygen atoms in total. The summed E-state index contributed by atoms with van der Waals surface area (Å²) < 4.78 is 18.1. The minimum atomic E-state index is -1.67. The monoisotopic (exact) mass is 342 g/mol. The number of benzene rings is 1. The molecule has 0 saturated heterocycles. The lowest BCUT2D eigenvalue weighted by molar-refractivity contribution is 0.0507. The predicted molar refractivity (Wildman–Crippen MR) is 76.0 cm³/mol. The van der Waals surface area contributed by atoms with Gasteiger partial charge in [0, 0.05) is 5.56 Å². The van der Waals surface area contributed by atoms with Crippen LogP contribution in [-0.2, 0) is 16.1 Å². The summed E-state index contributed by atoms with van der Waals surface area (Å²) in [6, 6.07) is 5.11. The Labute approximate surface area is 131 Å². The molecule has 0 aliphatic rings. The van der Waals surface area contributed by atoms with Gasteiger partial charge >= 0.3 is 6.16 Å². The van der Waals surface area contributed by atoms with Gasteiger partial charge in [0.25, 0.3) is 0 Å². The van der Waals surface area contributed by atoms with E-state index in [9.17, 15) is 4.79 Å². The zero-order chi connectivity index (χ0) is 15.2. The van der Waals surface area contributed by atoms with Crippen molar-refractivity contribution in [1.82, 2.24) is 0 Å². The van der Waals surface area contributed by atoms with Gasteiger partial charge in [-0.15, -0.1) is 0 Å². The van der Waals surface area contributed by atoms with Crippen LogP contribution in [0.2, 0.25) is 0 Å². The average Bonchev–Trinajstić information content (AvgIpc) is 2.41.